The zero-order valence-electron chi connectivity index (χ0n) is 16.3. The first kappa shape index (κ1) is 18.2. The average Bonchev–Trinajstić information content (AvgIpc) is 3.23. The van der Waals surface area contributed by atoms with E-state index in [1.54, 1.807) is 11.3 Å². The third kappa shape index (κ3) is 3.79. The number of rotatable bonds is 4. The first-order chi connectivity index (χ1) is 12.9. The van der Waals surface area contributed by atoms with Crippen molar-refractivity contribution in [3.05, 3.63) is 51.5 Å². The lowest BCUT2D eigenvalue weighted by molar-refractivity contribution is 0.0953. The maximum absolute atomic E-state index is 12.7. The maximum atomic E-state index is 12.7. The number of para-hydroxylation sites is 2. The minimum atomic E-state index is 0.0535. The Morgan fingerprint density at radius 2 is 2.15 bits per heavy atom. The molecule has 0 radical (unpaired) electrons. The van der Waals surface area contributed by atoms with Crippen molar-refractivity contribution in [1.29, 1.82) is 0 Å². The third-order valence-electron chi connectivity index (χ3n) is 5.71. The smallest absolute Gasteiger partial charge is 0.252 e. The number of carbonyl (C=O) groups excluding carboxylic acids is 1. The van der Waals surface area contributed by atoms with Crippen LogP contribution in [0.15, 0.2) is 29.6 Å². The number of fused-ring (bicyclic) bond motifs is 2. The lowest BCUT2D eigenvalue weighted by Crippen LogP contribution is -2.29. The van der Waals surface area contributed by atoms with Crippen molar-refractivity contribution < 1.29 is 4.79 Å². The molecule has 4 rings (SSSR count). The Kier molecular flexibility index (Phi) is 4.81. The fourth-order valence-electron chi connectivity index (χ4n) is 3.96. The molecule has 0 saturated heterocycles. The second-order valence-corrected chi connectivity index (χ2v) is 9.53. The van der Waals surface area contributed by atoms with E-state index in [1.807, 2.05) is 29.6 Å². The van der Waals surface area contributed by atoms with Crippen LogP contribution in [0.5, 0.6) is 0 Å². The monoisotopic (exact) mass is 381 g/mol. The molecule has 4 nitrogen and oxygen atoms in total. The lowest BCUT2D eigenvalue weighted by atomic mass is 9.72. The first-order valence-electron chi connectivity index (χ1n) is 9.73. The summed E-state index contributed by atoms with van der Waals surface area (Å²) in [6.45, 7) is 7.56. The van der Waals surface area contributed by atoms with Gasteiger partial charge in [-0.2, -0.15) is 0 Å². The normalized spacial score (nSPS) is 17.1. The van der Waals surface area contributed by atoms with Gasteiger partial charge in [0.15, 0.2) is 0 Å². The quantitative estimate of drug-likeness (QED) is 0.685. The second kappa shape index (κ2) is 7.12. The molecule has 0 saturated carbocycles. The molecule has 0 fully saturated rings. The molecule has 1 aromatic carbocycles. The van der Waals surface area contributed by atoms with E-state index >= 15 is 0 Å². The van der Waals surface area contributed by atoms with Gasteiger partial charge in [-0.3, -0.25) is 4.79 Å². The van der Waals surface area contributed by atoms with Crippen molar-refractivity contribution >= 4 is 28.3 Å². The molecule has 142 valence electrons. The minimum absolute atomic E-state index is 0.0535. The average molecular weight is 382 g/mol. The van der Waals surface area contributed by atoms with Crippen LogP contribution in [0, 0.1) is 11.3 Å². The number of amides is 1. The summed E-state index contributed by atoms with van der Waals surface area (Å²) in [5, 5.41) is 5.13. The molecule has 0 aliphatic heterocycles. The molecule has 1 aliphatic rings. The van der Waals surface area contributed by atoms with Crippen LogP contribution in [0.3, 0.4) is 0 Å². The molecule has 2 heterocycles. The number of nitrogens with zero attached hydrogens (tertiary/aromatic N) is 1. The number of aromatic nitrogens is 2. The summed E-state index contributed by atoms with van der Waals surface area (Å²) in [5.41, 5.74) is 4.50. The molecule has 1 amide bonds. The first-order valence-corrected chi connectivity index (χ1v) is 10.6. The molecule has 2 N–H and O–H groups in total. The summed E-state index contributed by atoms with van der Waals surface area (Å²) in [6, 6.07) is 8.00. The van der Waals surface area contributed by atoms with Gasteiger partial charge in [0.05, 0.1) is 16.6 Å². The van der Waals surface area contributed by atoms with Gasteiger partial charge in [0.2, 0.25) is 0 Å². The largest absolute Gasteiger partial charge is 0.352 e. The fraction of sp³-hybridized carbons (Fsp3) is 0.455. The van der Waals surface area contributed by atoms with E-state index < -0.39 is 0 Å². The molecule has 1 aliphatic carbocycles. The van der Waals surface area contributed by atoms with Crippen LogP contribution in [0.1, 0.15) is 53.8 Å². The topological polar surface area (TPSA) is 57.8 Å². The van der Waals surface area contributed by atoms with Crippen LogP contribution >= 0.6 is 11.3 Å². The van der Waals surface area contributed by atoms with Crippen LogP contribution in [0.25, 0.3) is 11.0 Å². The highest BCUT2D eigenvalue weighted by Crippen LogP contribution is 2.40. The predicted octanol–water partition coefficient (Wildman–Crippen LogP) is 4.75. The minimum Gasteiger partial charge on any atom is -0.352 e. The van der Waals surface area contributed by atoms with Crippen molar-refractivity contribution in [2.45, 2.75) is 46.5 Å². The van der Waals surface area contributed by atoms with Gasteiger partial charge in [0.1, 0.15) is 5.82 Å². The van der Waals surface area contributed by atoms with Gasteiger partial charge < -0.3 is 10.3 Å². The van der Waals surface area contributed by atoms with Crippen LogP contribution in [-0.4, -0.2) is 22.4 Å². The highest BCUT2D eigenvalue weighted by molar-refractivity contribution is 7.10. The van der Waals surface area contributed by atoms with Crippen LogP contribution < -0.4 is 5.32 Å². The second-order valence-electron chi connectivity index (χ2n) is 8.56. The van der Waals surface area contributed by atoms with E-state index in [0.717, 1.165) is 35.3 Å². The van der Waals surface area contributed by atoms with Gasteiger partial charge in [-0.05, 0) is 48.3 Å². The molecular formula is C22H27N3OS. The summed E-state index contributed by atoms with van der Waals surface area (Å²) in [4.78, 5) is 22.0. The number of carbonyl (C=O) groups is 1. The summed E-state index contributed by atoms with van der Waals surface area (Å²) < 4.78 is 0. The summed E-state index contributed by atoms with van der Waals surface area (Å²) in [5.74, 6) is 1.67. The number of imidazole rings is 1. The van der Waals surface area contributed by atoms with Gasteiger partial charge in [-0.25, -0.2) is 4.98 Å². The number of H-pyrrole nitrogens is 1. The Balaban J connectivity index is 1.37. The van der Waals surface area contributed by atoms with E-state index in [2.05, 4.69) is 36.1 Å². The maximum Gasteiger partial charge on any atom is 0.252 e. The fourth-order valence-corrected chi connectivity index (χ4v) is 5.12. The third-order valence-corrected chi connectivity index (χ3v) is 6.76. The van der Waals surface area contributed by atoms with Gasteiger partial charge in [0, 0.05) is 23.2 Å². The van der Waals surface area contributed by atoms with Gasteiger partial charge in [0.25, 0.3) is 5.91 Å². The summed E-state index contributed by atoms with van der Waals surface area (Å²) in [7, 11) is 0. The van der Waals surface area contributed by atoms with E-state index in [0.29, 0.717) is 24.3 Å². The highest BCUT2D eigenvalue weighted by Gasteiger charge is 2.31. The summed E-state index contributed by atoms with van der Waals surface area (Å²) >= 11 is 1.75. The van der Waals surface area contributed by atoms with Crippen molar-refractivity contribution in [2.24, 2.45) is 11.3 Å². The number of aromatic amines is 1. The van der Waals surface area contributed by atoms with Crippen molar-refractivity contribution in [3.8, 4) is 0 Å². The Hall–Kier alpha value is -2.14. The van der Waals surface area contributed by atoms with Crippen molar-refractivity contribution in [2.75, 3.05) is 6.54 Å². The Morgan fingerprint density at radius 1 is 1.33 bits per heavy atom. The Labute approximate surface area is 164 Å². The van der Waals surface area contributed by atoms with E-state index in [1.165, 1.54) is 16.9 Å². The predicted molar refractivity (Wildman–Crippen MR) is 111 cm³/mol. The van der Waals surface area contributed by atoms with Gasteiger partial charge in [-0.15, -0.1) is 11.3 Å². The molecule has 27 heavy (non-hydrogen) atoms. The molecule has 0 bridgehead atoms. The van der Waals surface area contributed by atoms with Crippen LogP contribution in [-0.2, 0) is 19.3 Å². The van der Waals surface area contributed by atoms with Crippen molar-refractivity contribution in [1.82, 2.24) is 15.3 Å². The molecule has 1 atom stereocenters. The molecule has 0 spiro atoms. The standard InChI is InChI=1S/C22H27N3OS/c1-22(2,3)14-8-9-15-16(13-27-19(15)12-14)21(26)23-11-10-20-24-17-6-4-5-7-18(17)25-20/h4-7,13-14H,8-12H2,1-3H3,(H,23,26)(H,24,25). The van der Waals surface area contributed by atoms with E-state index in [-0.39, 0.29) is 5.91 Å². The van der Waals surface area contributed by atoms with E-state index in [9.17, 15) is 4.79 Å². The van der Waals surface area contributed by atoms with Gasteiger partial charge >= 0.3 is 0 Å². The zero-order valence-corrected chi connectivity index (χ0v) is 17.1. The number of benzene rings is 1. The van der Waals surface area contributed by atoms with Crippen LogP contribution in [0.2, 0.25) is 0 Å². The number of nitrogens with one attached hydrogen (secondary N) is 2. The van der Waals surface area contributed by atoms with Crippen molar-refractivity contribution in [3.63, 3.8) is 0 Å². The molecule has 3 aromatic rings. The number of hydrogen-bond donors (Lipinski definition) is 2. The SMILES string of the molecule is CC(C)(C)C1CCc2c(C(=O)NCCc3nc4ccccc4[nH]3)csc2C1. The molecule has 2 aromatic heterocycles. The Bertz CT molecular complexity index is 931. The van der Waals surface area contributed by atoms with Crippen LogP contribution in [0.4, 0.5) is 0 Å². The molecular weight excluding hydrogens is 354 g/mol. The molecule has 5 heteroatoms. The van der Waals surface area contributed by atoms with Gasteiger partial charge in [-0.1, -0.05) is 32.9 Å². The zero-order chi connectivity index (χ0) is 19.0. The number of hydrogen-bond acceptors (Lipinski definition) is 3. The molecule has 1 unspecified atom stereocenters. The summed E-state index contributed by atoms with van der Waals surface area (Å²) in [6.07, 6.45) is 4.01. The lowest BCUT2D eigenvalue weighted by Gasteiger charge is -2.34. The highest BCUT2D eigenvalue weighted by atomic mass is 32.1. The number of thiophene rings is 1. The Morgan fingerprint density at radius 3 is 2.93 bits per heavy atom. The van der Waals surface area contributed by atoms with E-state index in [4.69, 9.17) is 0 Å².